The molecule has 0 atom stereocenters. The molecule has 0 aliphatic heterocycles. The van der Waals surface area contributed by atoms with Crippen LogP contribution in [0.1, 0.15) is 5.76 Å². The van der Waals surface area contributed by atoms with Crippen molar-refractivity contribution < 1.29 is 8.83 Å². The lowest BCUT2D eigenvalue weighted by atomic mass is 10.3. The Hall–Kier alpha value is -1.52. The first-order chi connectivity index (χ1) is 8.24. The predicted molar refractivity (Wildman–Crippen MR) is 67.9 cm³/mol. The molecule has 0 aliphatic rings. The summed E-state index contributed by atoms with van der Waals surface area (Å²) in [6, 6.07) is 9.16. The van der Waals surface area contributed by atoms with E-state index in [2.05, 4.69) is 0 Å². The number of hydrogen-bond acceptors (Lipinski definition) is 3. The molecule has 0 saturated heterocycles. The van der Waals surface area contributed by atoms with Gasteiger partial charge in [-0.25, -0.2) is 0 Å². The molecule has 0 aliphatic carbocycles. The first-order valence-corrected chi connectivity index (χ1v) is 5.84. The van der Waals surface area contributed by atoms with Crippen LogP contribution in [0.5, 0.6) is 0 Å². The summed E-state index contributed by atoms with van der Waals surface area (Å²) in [7, 11) is 0. The Bertz CT molecular complexity index is 712. The van der Waals surface area contributed by atoms with Crippen molar-refractivity contribution in [2.45, 2.75) is 6.54 Å². The number of hydrogen-bond donors (Lipinski definition) is 0. The van der Waals surface area contributed by atoms with Crippen molar-refractivity contribution in [3.63, 3.8) is 0 Å². The van der Waals surface area contributed by atoms with E-state index >= 15 is 0 Å². The highest BCUT2D eigenvalue weighted by atomic mass is 35.5. The van der Waals surface area contributed by atoms with Gasteiger partial charge in [0.25, 0.3) is 4.84 Å². The SMILES string of the molecule is S=c1oc2ccc(Cl)cc2n1Cc1ccco1. The van der Waals surface area contributed by atoms with Crippen LogP contribution in [0.4, 0.5) is 0 Å². The number of oxazole rings is 1. The molecule has 3 aromatic rings. The Labute approximate surface area is 107 Å². The van der Waals surface area contributed by atoms with Crippen LogP contribution < -0.4 is 0 Å². The molecule has 0 saturated carbocycles. The van der Waals surface area contributed by atoms with Crippen LogP contribution in [-0.4, -0.2) is 4.57 Å². The van der Waals surface area contributed by atoms with Gasteiger partial charge < -0.3 is 8.83 Å². The van der Waals surface area contributed by atoms with Crippen molar-refractivity contribution in [1.82, 2.24) is 4.57 Å². The van der Waals surface area contributed by atoms with Gasteiger partial charge in [-0.15, -0.1) is 0 Å². The second-order valence-corrected chi connectivity index (χ2v) is 4.43. The molecular formula is C12H8ClNO2S. The van der Waals surface area contributed by atoms with Gasteiger partial charge in [-0.05, 0) is 42.5 Å². The second-order valence-electron chi connectivity index (χ2n) is 3.65. The van der Waals surface area contributed by atoms with Gasteiger partial charge in [0.05, 0.1) is 18.3 Å². The van der Waals surface area contributed by atoms with Crippen LogP contribution in [0, 0.1) is 4.84 Å². The van der Waals surface area contributed by atoms with Gasteiger partial charge in [0.2, 0.25) is 0 Å². The summed E-state index contributed by atoms with van der Waals surface area (Å²) in [4.78, 5) is 0.415. The average Bonchev–Trinajstić information content (AvgIpc) is 2.90. The molecule has 2 aromatic heterocycles. The minimum atomic E-state index is 0.415. The molecule has 17 heavy (non-hydrogen) atoms. The zero-order valence-corrected chi connectivity index (χ0v) is 10.3. The number of rotatable bonds is 2. The highest BCUT2D eigenvalue weighted by Crippen LogP contribution is 2.22. The van der Waals surface area contributed by atoms with Crippen molar-refractivity contribution in [1.29, 1.82) is 0 Å². The largest absolute Gasteiger partial charge is 0.467 e. The summed E-state index contributed by atoms with van der Waals surface area (Å²) >= 11 is 11.2. The fourth-order valence-electron chi connectivity index (χ4n) is 1.74. The van der Waals surface area contributed by atoms with Crippen molar-refractivity contribution in [2.24, 2.45) is 0 Å². The molecule has 2 heterocycles. The van der Waals surface area contributed by atoms with Crippen molar-refractivity contribution >= 4 is 34.9 Å². The molecule has 0 spiro atoms. The van der Waals surface area contributed by atoms with Crippen molar-refractivity contribution in [3.8, 4) is 0 Å². The first kappa shape index (κ1) is 10.6. The van der Waals surface area contributed by atoms with Gasteiger partial charge in [-0.3, -0.25) is 4.57 Å². The molecule has 86 valence electrons. The van der Waals surface area contributed by atoms with E-state index in [0.717, 1.165) is 16.9 Å². The minimum Gasteiger partial charge on any atom is -0.467 e. The van der Waals surface area contributed by atoms with Crippen LogP contribution >= 0.6 is 23.8 Å². The maximum absolute atomic E-state index is 5.97. The van der Waals surface area contributed by atoms with Crippen molar-refractivity contribution in [2.75, 3.05) is 0 Å². The Kier molecular flexibility index (Phi) is 2.53. The number of fused-ring (bicyclic) bond motifs is 1. The van der Waals surface area contributed by atoms with Crippen LogP contribution in [0.15, 0.2) is 45.4 Å². The maximum atomic E-state index is 5.97. The Balaban J connectivity index is 2.17. The number of benzene rings is 1. The summed E-state index contributed by atoms with van der Waals surface area (Å²) in [5.41, 5.74) is 1.60. The lowest BCUT2D eigenvalue weighted by Gasteiger charge is -2.00. The molecule has 3 rings (SSSR count). The first-order valence-electron chi connectivity index (χ1n) is 5.05. The third kappa shape index (κ3) is 1.90. The number of furan rings is 1. The van der Waals surface area contributed by atoms with Crippen LogP contribution in [-0.2, 0) is 6.54 Å². The average molecular weight is 266 g/mol. The zero-order valence-electron chi connectivity index (χ0n) is 8.72. The normalized spacial score (nSPS) is 11.1. The summed E-state index contributed by atoms with van der Waals surface area (Å²) in [5.74, 6) is 0.823. The monoisotopic (exact) mass is 265 g/mol. The molecule has 0 amide bonds. The smallest absolute Gasteiger partial charge is 0.270 e. The highest BCUT2D eigenvalue weighted by molar-refractivity contribution is 7.71. The standard InChI is InChI=1S/C12H8ClNO2S/c13-8-3-4-11-10(6-8)14(12(17)16-11)7-9-2-1-5-15-9/h1-6H,7H2. The predicted octanol–water partition coefficient (Wildman–Crippen LogP) is 4.26. The number of nitrogens with zero attached hydrogens (tertiary/aromatic N) is 1. The Morgan fingerprint density at radius 2 is 2.18 bits per heavy atom. The molecule has 0 fully saturated rings. The van der Waals surface area contributed by atoms with E-state index in [1.54, 1.807) is 12.3 Å². The minimum absolute atomic E-state index is 0.415. The third-order valence-electron chi connectivity index (χ3n) is 2.52. The summed E-state index contributed by atoms with van der Waals surface area (Å²) < 4.78 is 12.6. The maximum Gasteiger partial charge on any atom is 0.270 e. The van der Waals surface area contributed by atoms with Gasteiger partial charge in [0.1, 0.15) is 5.76 Å². The molecule has 1 aromatic carbocycles. The quantitative estimate of drug-likeness (QED) is 0.649. The van der Waals surface area contributed by atoms with Gasteiger partial charge in [0, 0.05) is 5.02 Å². The Morgan fingerprint density at radius 1 is 1.29 bits per heavy atom. The van der Waals surface area contributed by atoms with E-state index in [9.17, 15) is 0 Å². The van der Waals surface area contributed by atoms with E-state index in [4.69, 9.17) is 32.7 Å². The van der Waals surface area contributed by atoms with Gasteiger partial charge in [-0.1, -0.05) is 11.6 Å². The molecule has 0 radical (unpaired) electrons. The van der Waals surface area contributed by atoms with E-state index in [1.165, 1.54) is 0 Å². The van der Waals surface area contributed by atoms with Crippen molar-refractivity contribution in [3.05, 3.63) is 52.2 Å². The Morgan fingerprint density at radius 3 is 2.94 bits per heavy atom. The fraction of sp³-hybridized carbons (Fsp3) is 0.0833. The van der Waals surface area contributed by atoms with E-state index in [1.807, 2.05) is 28.8 Å². The third-order valence-corrected chi connectivity index (χ3v) is 3.06. The van der Waals surface area contributed by atoms with E-state index in [0.29, 0.717) is 16.4 Å². The van der Waals surface area contributed by atoms with Gasteiger partial charge in [0.15, 0.2) is 5.58 Å². The number of aromatic nitrogens is 1. The molecule has 5 heteroatoms. The molecule has 3 nitrogen and oxygen atoms in total. The topological polar surface area (TPSA) is 31.2 Å². The molecular weight excluding hydrogens is 258 g/mol. The molecule has 0 N–H and O–H groups in total. The van der Waals surface area contributed by atoms with Crippen LogP contribution in [0.3, 0.4) is 0 Å². The fourth-order valence-corrected chi connectivity index (χ4v) is 2.16. The second kappa shape index (κ2) is 4.05. The van der Waals surface area contributed by atoms with Crippen LogP contribution in [0.25, 0.3) is 11.1 Å². The van der Waals surface area contributed by atoms with E-state index < -0.39 is 0 Å². The zero-order chi connectivity index (χ0) is 11.8. The molecule has 0 unspecified atom stereocenters. The highest BCUT2D eigenvalue weighted by Gasteiger charge is 2.08. The molecule has 0 bridgehead atoms. The van der Waals surface area contributed by atoms with Crippen LogP contribution in [0.2, 0.25) is 5.02 Å². The lowest BCUT2D eigenvalue weighted by Crippen LogP contribution is -1.97. The van der Waals surface area contributed by atoms with Gasteiger partial charge in [-0.2, -0.15) is 0 Å². The number of halogens is 1. The summed E-state index contributed by atoms with van der Waals surface area (Å²) in [5, 5.41) is 0.654. The van der Waals surface area contributed by atoms with E-state index in [-0.39, 0.29) is 0 Å². The van der Waals surface area contributed by atoms with Gasteiger partial charge >= 0.3 is 0 Å². The lowest BCUT2D eigenvalue weighted by molar-refractivity contribution is 0.478. The summed E-state index contributed by atoms with van der Waals surface area (Å²) in [6.07, 6.45) is 1.63. The summed E-state index contributed by atoms with van der Waals surface area (Å²) in [6.45, 7) is 0.541.